The molecule has 3 rings (SSSR count). The molecule has 0 amide bonds. The number of amidine groups is 1. The fraction of sp³-hybridized carbons (Fsp3) is 0.556. The van der Waals surface area contributed by atoms with E-state index in [1.165, 1.54) is 0 Å². The first-order valence-corrected chi connectivity index (χ1v) is 8.35. The third-order valence-electron chi connectivity index (χ3n) is 5.03. The Hall–Kier alpha value is -1.88. The Morgan fingerprint density at radius 1 is 1.26 bits per heavy atom. The van der Waals surface area contributed by atoms with E-state index in [0.717, 1.165) is 31.5 Å². The van der Waals surface area contributed by atoms with E-state index in [-0.39, 0.29) is 11.8 Å². The van der Waals surface area contributed by atoms with Crippen LogP contribution in [0, 0.1) is 11.8 Å². The Kier molecular flexibility index (Phi) is 4.66. The van der Waals surface area contributed by atoms with Crippen LogP contribution in [0.3, 0.4) is 0 Å². The Bertz CT molecular complexity index is 581. The molecule has 2 N–H and O–H groups in total. The molecule has 1 aromatic rings. The molecule has 2 atom stereocenters. The zero-order valence-corrected chi connectivity index (χ0v) is 13.5. The summed E-state index contributed by atoms with van der Waals surface area (Å²) in [5.41, 5.74) is -1.48. The Balaban J connectivity index is 1.84. The van der Waals surface area contributed by atoms with Crippen molar-refractivity contribution in [3.8, 4) is 5.75 Å². The van der Waals surface area contributed by atoms with Gasteiger partial charge in [0.1, 0.15) is 5.75 Å². The van der Waals surface area contributed by atoms with Crippen LogP contribution in [0.15, 0.2) is 35.3 Å². The smallest absolute Gasteiger partial charge is 0.344 e. The van der Waals surface area contributed by atoms with Crippen LogP contribution in [0.25, 0.3) is 0 Å². The van der Waals surface area contributed by atoms with Crippen LogP contribution < -0.4 is 10.1 Å². The minimum Gasteiger partial charge on any atom is -0.424 e. The Morgan fingerprint density at radius 2 is 1.96 bits per heavy atom. The van der Waals surface area contributed by atoms with Crippen molar-refractivity contribution < 1.29 is 14.6 Å². The van der Waals surface area contributed by atoms with Crippen molar-refractivity contribution in [2.75, 3.05) is 13.1 Å². The number of hydrogen-bond donors (Lipinski definition) is 2. The Labute approximate surface area is 136 Å². The van der Waals surface area contributed by atoms with Crippen molar-refractivity contribution in [3.63, 3.8) is 0 Å². The number of nitrogens with zero attached hydrogens (tertiary/aromatic N) is 1. The summed E-state index contributed by atoms with van der Waals surface area (Å²) in [7, 11) is 0. The van der Waals surface area contributed by atoms with Gasteiger partial charge in [-0.15, -0.1) is 0 Å². The number of benzene rings is 1. The van der Waals surface area contributed by atoms with E-state index in [1.807, 2.05) is 25.1 Å². The molecule has 1 aliphatic carbocycles. The van der Waals surface area contributed by atoms with Crippen LogP contribution >= 0.6 is 0 Å². The molecular weight excluding hydrogens is 292 g/mol. The molecule has 0 saturated heterocycles. The van der Waals surface area contributed by atoms with Crippen molar-refractivity contribution in [2.24, 2.45) is 16.8 Å². The number of para-hydroxylation sites is 1. The maximum absolute atomic E-state index is 12.9. The van der Waals surface area contributed by atoms with Crippen LogP contribution in [0.4, 0.5) is 0 Å². The van der Waals surface area contributed by atoms with E-state index < -0.39 is 11.6 Å². The highest BCUT2D eigenvalue weighted by Gasteiger charge is 2.52. The zero-order chi connectivity index (χ0) is 16.3. The maximum Gasteiger partial charge on any atom is 0.344 e. The zero-order valence-electron chi connectivity index (χ0n) is 13.5. The van der Waals surface area contributed by atoms with Gasteiger partial charge in [0.25, 0.3) is 0 Å². The summed E-state index contributed by atoms with van der Waals surface area (Å²) in [6.07, 6.45) is 3.82. The fourth-order valence-corrected chi connectivity index (χ4v) is 3.64. The molecule has 1 heterocycles. The molecule has 2 aliphatic rings. The number of aliphatic hydroxyl groups is 1. The molecule has 1 fully saturated rings. The van der Waals surface area contributed by atoms with Gasteiger partial charge in [-0.2, -0.15) is 0 Å². The third-order valence-corrected chi connectivity index (χ3v) is 5.03. The normalized spacial score (nSPS) is 24.4. The van der Waals surface area contributed by atoms with Gasteiger partial charge < -0.3 is 15.2 Å². The largest absolute Gasteiger partial charge is 0.424 e. The SMILES string of the molecule is CC1=NCC(C(O)(C(=O)Oc2ccccc2)C2CCCC2)CN1. The summed E-state index contributed by atoms with van der Waals surface area (Å²) in [4.78, 5) is 17.2. The van der Waals surface area contributed by atoms with Crippen molar-refractivity contribution >= 4 is 11.8 Å². The average molecular weight is 316 g/mol. The van der Waals surface area contributed by atoms with E-state index in [0.29, 0.717) is 18.8 Å². The van der Waals surface area contributed by atoms with Crippen LogP contribution in [0.1, 0.15) is 32.6 Å². The summed E-state index contributed by atoms with van der Waals surface area (Å²) in [5.74, 6) is 0.464. The molecule has 2 unspecified atom stereocenters. The first kappa shape index (κ1) is 16.0. The first-order chi connectivity index (χ1) is 11.1. The van der Waals surface area contributed by atoms with Gasteiger partial charge >= 0.3 is 5.97 Å². The average Bonchev–Trinajstić information content (AvgIpc) is 3.10. The number of rotatable bonds is 4. The molecule has 124 valence electrons. The van der Waals surface area contributed by atoms with E-state index in [9.17, 15) is 9.90 Å². The molecule has 5 heteroatoms. The van der Waals surface area contributed by atoms with Gasteiger partial charge in [-0.05, 0) is 37.8 Å². The summed E-state index contributed by atoms with van der Waals surface area (Å²) in [6.45, 7) is 2.90. The summed E-state index contributed by atoms with van der Waals surface area (Å²) < 4.78 is 5.51. The molecule has 0 radical (unpaired) electrons. The standard InChI is InChI=1S/C18H24N2O3/c1-13-19-11-15(12-20-13)18(22,14-7-5-6-8-14)17(21)23-16-9-3-2-4-10-16/h2-4,9-10,14-15,22H,5-8,11-12H2,1H3,(H,19,20). The number of carbonyl (C=O) groups is 1. The van der Waals surface area contributed by atoms with Crippen molar-refractivity contribution in [3.05, 3.63) is 30.3 Å². The van der Waals surface area contributed by atoms with Gasteiger partial charge in [0.2, 0.25) is 0 Å². The van der Waals surface area contributed by atoms with Crippen molar-refractivity contribution in [2.45, 2.75) is 38.2 Å². The Morgan fingerprint density at radius 3 is 2.57 bits per heavy atom. The maximum atomic E-state index is 12.9. The lowest BCUT2D eigenvalue weighted by Crippen LogP contribution is -2.58. The number of esters is 1. The first-order valence-electron chi connectivity index (χ1n) is 8.35. The molecule has 0 aromatic heterocycles. The van der Waals surface area contributed by atoms with Crippen LogP contribution in [0.5, 0.6) is 5.75 Å². The number of nitrogens with one attached hydrogen (secondary N) is 1. The molecule has 1 aliphatic heterocycles. The molecule has 0 spiro atoms. The summed E-state index contributed by atoms with van der Waals surface area (Å²) >= 11 is 0. The second-order valence-electron chi connectivity index (χ2n) is 6.51. The van der Waals surface area contributed by atoms with Crippen LogP contribution in [-0.4, -0.2) is 35.6 Å². The van der Waals surface area contributed by atoms with Gasteiger partial charge in [-0.1, -0.05) is 31.0 Å². The van der Waals surface area contributed by atoms with Crippen LogP contribution in [0.2, 0.25) is 0 Å². The molecule has 1 saturated carbocycles. The highest BCUT2D eigenvalue weighted by atomic mass is 16.6. The topological polar surface area (TPSA) is 70.9 Å². The van der Waals surface area contributed by atoms with Gasteiger partial charge in [-0.3, -0.25) is 4.99 Å². The molecular formula is C18H24N2O3. The van der Waals surface area contributed by atoms with Gasteiger partial charge in [0.05, 0.1) is 5.84 Å². The monoisotopic (exact) mass is 316 g/mol. The minimum atomic E-state index is -1.48. The van der Waals surface area contributed by atoms with Crippen molar-refractivity contribution in [1.29, 1.82) is 0 Å². The lowest BCUT2D eigenvalue weighted by atomic mass is 9.75. The third kappa shape index (κ3) is 3.24. The van der Waals surface area contributed by atoms with E-state index >= 15 is 0 Å². The predicted molar refractivity (Wildman–Crippen MR) is 88.5 cm³/mol. The van der Waals surface area contributed by atoms with Gasteiger partial charge in [0, 0.05) is 19.0 Å². The van der Waals surface area contributed by atoms with Crippen molar-refractivity contribution in [1.82, 2.24) is 5.32 Å². The second kappa shape index (κ2) is 6.71. The second-order valence-corrected chi connectivity index (χ2v) is 6.51. The lowest BCUT2D eigenvalue weighted by molar-refractivity contribution is -0.169. The number of carbonyl (C=O) groups excluding carboxylic acids is 1. The summed E-state index contributed by atoms with van der Waals surface area (Å²) in [6, 6.07) is 8.95. The van der Waals surface area contributed by atoms with E-state index in [2.05, 4.69) is 10.3 Å². The molecule has 23 heavy (non-hydrogen) atoms. The molecule has 5 nitrogen and oxygen atoms in total. The molecule has 1 aromatic carbocycles. The van der Waals surface area contributed by atoms with Gasteiger partial charge in [-0.25, -0.2) is 4.79 Å². The van der Waals surface area contributed by atoms with E-state index in [1.54, 1.807) is 12.1 Å². The van der Waals surface area contributed by atoms with Crippen LogP contribution in [-0.2, 0) is 4.79 Å². The highest BCUT2D eigenvalue weighted by molar-refractivity contribution is 5.84. The molecule has 0 bridgehead atoms. The minimum absolute atomic E-state index is 0.0564. The van der Waals surface area contributed by atoms with E-state index in [4.69, 9.17) is 4.74 Å². The predicted octanol–water partition coefficient (Wildman–Crippen LogP) is 2.15. The highest BCUT2D eigenvalue weighted by Crippen LogP contribution is 2.40. The number of ether oxygens (including phenoxy) is 1. The fourth-order valence-electron chi connectivity index (χ4n) is 3.64. The number of hydrogen-bond acceptors (Lipinski definition) is 5. The quantitative estimate of drug-likeness (QED) is 0.659. The number of aliphatic imine (C=N–C) groups is 1. The summed E-state index contributed by atoms with van der Waals surface area (Å²) in [5, 5.41) is 14.5. The van der Waals surface area contributed by atoms with Gasteiger partial charge in [0.15, 0.2) is 5.60 Å². The lowest BCUT2D eigenvalue weighted by Gasteiger charge is -2.39.